The normalized spacial score (nSPS) is 30.6. The van der Waals surface area contributed by atoms with Crippen molar-refractivity contribution >= 4 is 5.97 Å². The van der Waals surface area contributed by atoms with E-state index in [4.69, 9.17) is 5.11 Å². The molecule has 4 heteroatoms. The number of carboxylic acids is 1. The standard InChI is InChI=1S/C12H24N2O2/c1-10-5-4-6-12(7-10,14(2)3)9-13-8-11(15)16/h10,13H,4-9H2,1-3H3,(H,15,16). The fraction of sp³-hybridized carbons (Fsp3) is 0.917. The lowest BCUT2D eigenvalue weighted by atomic mass is 9.75. The molecule has 0 saturated heterocycles. The first kappa shape index (κ1) is 13.5. The molecule has 2 N–H and O–H groups in total. The third-order valence-corrected chi connectivity index (χ3v) is 3.75. The van der Waals surface area contributed by atoms with E-state index in [2.05, 4.69) is 31.2 Å². The van der Waals surface area contributed by atoms with Gasteiger partial charge in [0, 0.05) is 12.1 Å². The number of carbonyl (C=O) groups is 1. The Morgan fingerprint density at radius 1 is 1.56 bits per heavy atom. The van der Waals surface area contributed by atoms with Crippen LogP contribution in [0.15, 0.2) is 0 Å². The highest BCUT2D eigenvalue weighted by Gasteiger charge is 2.36. The molecular weight excluding hydrogens is 204 g/mol. The molecule has 0 bridgehead atoms. The first-order valence-electron chi connectivity index (χ1n) is 6.06. The quantitative estimate of drug-likeness (QED) is 0.741. The number of rotatable bonds is 5. The van der Waals surface area contributed by atoms with Crippen LogP contribution in [0.4, 0.5) is 0 Å². The number of hydrogen-bond acceptors (Lipinski definition) is 3. The molecule has 0 spiro atoms. The molecule has 1 aliphatic rings. The van der Waals surface area contributed by atoms with Gasteiger partial charge in [-0.1, -0.05) is 19.8 Å². The van der Waals surface area contributed by atoms with Crippen LogP contribution in [0.3, 0.4) is 0 Å². The average Bonchev–Trinajstić information content (AvgIpc) is 2.16. The highest BCUT2D eigenvalue weighted by Crippen LogP contribution is 2.35. The maximum Gasteiger partial charge on any atom is 0.317 e. The van der Waals surface area contributed by atoms with Crippen molar-refractivity contribution in [1.29, 1.82) is 0 Å². The molecule has 0 amide bonds. The fourth-order valence-electron chi connectivity index (χ4n) is 2.76. The number of carboxylic acid groups (broad SMARTS) is 1. The second-order valence-corrected chi connectivity index (χ2v) is 5.32. The monoisotopic (exact) mass is 228 g/mol. The third kappa shape index (κ3) is 3.46. The lowest BCUT2D eigenvalue weighted by Crippen LogP contribution is -2.54. The van der Waals surface area contributed by atoms with E-state index in [-0.39, 0.29) is 12.1 Å². The molecule has 0 radical (unpaired) electrons. The molecular formula is C12H24N2O2. The van der Waals surface area contributed by atoms with E-state index in [1.807, 2.05) is 0 Å². The van der Waals surface area contributed by atoms with Crippen LogP contribution in [0.1, 0.15) is 32.6 Å². The van der Waals surface area contributed by atoms with Crippen molar-refractivity contribution in [2.45, 2.75) is 38.1 Å². The first-order valence-corrected chi connectivity index (χ1v) is 6.06. The van der Waals surface area contributed by atoms with Crippen LogP contribution in [-0.4, -0.2) is 48.7 Å². The molecule has 0 aromatic carbocycles. The van der Waals surface area contributed by atoms with Crippen LogP contribution in [0.5, 0.6) is 0 Å². The molecule has 0 aliphatic heterocycles. The van der Waals surface area contributed by atoms with Crippen molar-refractivity contribution in [3.05, 3.63) is 0 Å². The van der Waals surface area contributed by atoms with Gasteiger partial charge < -0.3 is 15.3 Å². The molecule has 1 fully saturated rings. The summed E-state index contributed by atoms with van der Waals surface area (Å²) in [6.45, 7) is 3.12. The Balaban J connectivity index is 2.54. The minimum absolute atomic E-state index is 0.0595. The summed E-state index contributed by atoms with van der Waals surface area (Å²) in [4.78, 5) is 12.8. The maximum absolute atomic E-state index is 10.5. The average molecular weight is 228 g/mol. The van der Waals surface area contributed by atoms with Gasteiger partial charge in [-0.2, -0.15) is 0 Å². The zero-order valence-corrected chi connectivity index (χ0v) is 10.6. The van der Waals surface area contributed by atoms with Gasteiger partial charge in [-0.15, -0.1) is 0 Å². The number of hydrogen-bond donors (Lipinski definition) is 2. The molecule has 0 aromatic heterocycles. The SMILES string of the molecule is CC1CCCC(CNCC(=O)O)(N(C)C)C1. The highest BCUT2D eigenvalue weighted by atomic mass is 16.4. The van der Waals surface area contributed by atoms with Crippen LogP contribution in [-0.2, 0) is 4.79 Å². The van der Waals surface area contributed by atoms with Gasteiger partial charge in [0.05, 0.1) is 6.54 Å². The predicted octanol–water partition coefficient (Wildman–Crippen LogP) is 1.17. The summed E-state index contributed by atoms with van der Waals surface area (Å²) in [6.07, 6.45) is 4.87. The second kappa shape index (κ2) is 5.64. The molecule has 1 aliphatic carbocycles. The number of nitrogens with zero attached hydrogens (tertiary/aromatic N) is 1. The number of nitrogens with one attached hydrogen (secondary N) is 1. The zero-order chi connectivity index (χ0) is 12.2. The van der Waals surface area contributed by atoms with Gasteiger partial charge in [-0.05, 0) is 32.9 Å². The Labute approximate surface area is 98.0 Å². The summed E-state index contributed by atoms with van der Waals surface area (Å²) in [7, 11) is 4.20. The smallest absolute Gasteiger partial charge is 0.317 e. The van der Waals surface area contributed by atoms with E-state index < -0.39 is 5.97 Å². The Hall–Kier alpha value is -0.610. The lowest BCUT2D eigenvalue weighted by molar-refractivity contribution is -0.136. The molecule has 94 valence electrons. The Kier molecular flexibility index (Phi) is 4.74. The van der Waals surface area contributed by atoms with Gasteiger partial charge >= 0.3 is 5.97 Å². The van der Waals surface area contributed by atoms with E-state index in [0.717, 1.165) is 25.3 Å². The van der Waals surface area contributed by atoms with Gasteiger partial charge in [-0.25, -0.2) is 0 Å². The Morgan fingerprint density at radius 2 is 2.25 bits per heavy atom. The van der Waals surface area contributed by atoms with Gasteiger partial charge in [0.15, 0.2) is 0 Å². The Bertz CT molecular complexity index is 243. The van der Waals surface area contributed by atoms with E-state index in [1.165, 1.54) is 12.8 Å². The molecule has 4 nitrogen and oxygen atoms in total. The van der Waals surface area contributed by atoms with Crippen LogP contribution in [0.2, 0.25) is 0 Å². The summed E-state index contributed by atoms with van der Waals surface area (Å²) in [5, 5.41) is 11.7. The summed E-state index contributed by atoms with van der Waals surface area (Å²) in [5.74, 6) is -0.0412. The van der Waals surface area contributed by atoms with Crippen LogP contribution < -0.4 is 5.32 Å². The van der Waals surface area contributed by atoms with Gasteiger partial charge in [0.2, 0.25) is 0 Å². The van der Waals surface area contributed by atoms with Crippen molar-refractivity contribution in [2.24, 2.45) is 5.92 Å². The molecule has 0 heterocycles. The summed E-state index contributed by atoms with van der Waals surface area (Å²) < 4.78 is 0. The zero-order valence-electron chi connectivity index (χ0n) is 10.6. The van der Waals surface area contributed by atoms with Crippen LogP contribution >= 0.6 is 0 Å². The largest absolute Gasteiger partial charge is 0.480 e. The Morgan fingerprint density at radius 3 is 2.75 bits per heavy atom. The number of likely N-dealkylation sites (N-methyl/N-ethyl adjacent to an activating group) is 1. The molecule has 16 heavy (non-hydrogen) atoms. The third-order valence-electron chi connectivity index (χ3n) is 3.75. The summed E-state index contributed by atoms with van der Waals surface area (Å²) >= 11 is 0. The second-order valence-electron chi connectivity index (χ2n) is 5.32. The maximum atomic E-state index is 10.5. The van der Waals surface area contributed by atoms with E-state index in [0.29, 0.717) is 0 Å². The first-order chi connectivity index (χ1) is 7.46. The molecule has 0 aromatic rings. The molecule has 1 saturated carbocycles. The summed E-state index contributed by atoms with van der Waals surface area (Å²) in [6, 6.07) is 0. The van der Waals surface area contributed by atoms with Gasteiger partial charge in [0.1, 0.15) is 0 Å². The van der Waals surface area contributed by atoms with Crippen molar-refractivity contribution in [3.63, 3.8) is 0 Å². The van der Waals surface area contributed by atoms with Crippen LogP contribution in [0.25, 0.3) is 0 Å². The lowest BCUT2D eigenvalue weighted by Gasteiger charge is -2.45. The van der Waals surface area contributed by atoms with E-state index >= 15 is 0 Å². The van der Waals surface area contributed by atoms with Crippen molar-refractivity contribution in [3.8, 4) is 0 Å². The van der Waals surface area contributed by atoms with Crippen molar-refractivity contribution in [2.75, 3.05) is 27.2 Å². The fourth-order valence-corrected chi connectivity index (χ4v) is 2.76. The number of aliphatic carboxylic acids is 1. The minimum atomic E-state index is -0.780. The van der Waals surface area contributed by atoms with Gasteiger partial charge in [0.25, 0.3) is 0 Å². The van der Waals surface area contributed by atoms with E-state index in [9.17, 15) is 4.79 Å². The topological polar surface area (TPSA) is 52.6 Å². The summed E-state index contributed by atoms with van der Waals surface area (Å²) in [5.41, 5.74) is 0.146. The minimum Gasteiger partial charge on any atom is -0.480 e. The van der Waals surface area contributed by atoms with Crippen molar-refractivity contribution in [1.82, 2.24) is 10.2 Å². The van der Waals surface area contributed by atoms with E-state index in [1.54, 1.807) is 0 Å². The molecule has 2 unspecified atom stereocenters. The predicted molar refractivity (Wildman–Crippen MR) is 64.6 cm³/mol. The van der Waals surface area contributed by atoms with Crippen molar-refractivity contribution < 1.29 is 9.90 Å². The highest BCUT2D eigenvalue weighted by molar-refractivity contribution is 5.69. The van der Waals surface area contributed by atoms with Gasteiger partial charge in [-0.3, -0.25) is 4.79 Å². The molecule has 1 rings (SSSR count). The molecule has 2 atom stereocenters. The van der Waals surface area contributed by atoms with Crippen LogP contribution in [0, 0.1) is 5.92 Å².